The summed E-state index contributed by atoms with van der Waals surface area (Å²) >= 11 is 0. The second-order valence-electron chi connectivity index (χ2n) is 2.95. The van der Waals surface area contributed by atoms with Gasteiger partial charge < -0.3 is 4.74 Å². The zero-order valence-electron chi connectivity index (χ0n) is 7.67. The van der Waals surface area contributed by atoms with Gasteiger partial charge in [0, 0.05) is 6.92 Å². The highest BCUT2D eigenvalue weighted by atomic mass is 19.3. The molecule has 0 aliphatic rings. The average Bonchev–Trinajstić information content (AvgIpc) is 2.14. The van der Waals surface area contributed by atoms with Gasteiger partial charge in [-0.2, -0.15) is 8.78 Å². The maximum Gasteiger partial charge on any atom is 0.376 e. The third-order valence-corrected chi connectivity index (χ3v) is 1.57. The van der Waals surface area contributed by atoms with Gasteiger partial charge in [0.1, 0.15) is 6.61 Å². The lowest BCUT2D eigenvalue weighted by molar-refractivity contribution is -0.170. The maximum atomic E-state index is 12.3. The molecular formula is C10H10F2O2. The first-order chi connectivity index (χ1) is 6.50. The van der Waals surface area contributed by atoms with Crippen LogP contribution in [0.1, 0.15) is 12.5 Å². The van der Waals surface area contributed by atoms with Crippen molar-refractivity contribution in [2.75, 3.05) is 0 Å². The van der Waals surface area contributed by atoms with Crippen LogP contribution in [0.2, 0.25) is 0 Å². The molecular weight excluding hydrogens is 190 g/mol. The molecule has 0 saturated carbocycles. The zero-order valence-corrected chi connectivity index (χ0v) is 7.67. The second-order valence-corrected chi connectivity index (χ2v) is 2.95. The van der Waals surface area contributed by atoms with E-state index in [1.807, 2.05) is 0 Å². The standard InChI is InChI=1S/C10H10F2O2/c1-10(11,12)9(13)14-7-8-5-3-2-4-6-8/h2-6H,7H2,1H3. The summed E-state index contributed by atoms with van der Waals surface area (Å²) in [4.78, 5) is 10.7. The van der Waals surface area contributed by atoms with Crippen LogP contribution in [-0.4, -0.2) is 11.9 Å². The van der Waals surface area contributed by atoms with E-state index in [4.69, 9.17) is 0 Å². The second kappa shape index (κ2) is 4.17. The van der Waals surface area contributed by atoms with Crippen LogP contribution in [0.15, 0.2) is 30.3 Å². The lowest BCUT2D eigenvalue weighted by atomic mass is 10.2. The van der Waals surface area contributed by atoms with Crippen LogP contribution in [0.25, 0.3) is 0 Å². The lowest BCUT2D eigenvalue weighted by Crippen LogP contribution is -2.26. The Morgan fingerprint density at radius 2 is 1.93 bits per heavy atom. The number of ether oxygens (including phenoxy) is 1. The molecule has 76 valence electrons. The van der Waals surface area contributed by atoms with E-state index in [2.05, 4.69) is 4.74 Å². The minimum atomic E-state index is -3.42. The van der Waals surface area contributed by atoms with Crippen molar-refractivity contribution in [2.24, 2.45) is 0 Å². The summed E-state index contributed by atoms with van der Waals surface area (Å²) in [6, 6.07) is 8.67. The van der Waals surface area contributed by atoms with Crippen molar-refractivity contribution < 1.29 is 18.3 Å². The molecule has 0 amide bonds. The van der Waals surface area contributed by atoms with Gasteiger partial charge >= 0.3 is 11.9 Å². The van der Waals surface area contributed by atoms with Crippen LogP contribution in [0.4, 0.5) is 8.78 Å². The molecule has 1 aromatic carbocycles. The third kappa shape index (κ3) is 3.12. The van der Waals surface area contributed by atoms with Crippen LogP contribution < -0.4 is 0 Å². The predicted molar refractivity (Wildman–Crippen MR) is 46.9 cm³/mol. The Labute approximate surface area is 80.5 Å². The molecule has 1 rings (SSSR count). The molecule has 4 heteroatoms. The van der Waals surface area contributed by atoms with Gasteiger partial charge in [-0.1, -0.05) is 30.3 Å². The molecule has 0 saturated heterocycles. The minimum Gasteiger partial charge on any atom is -0.456 e. The Bertz CT molecular complexity index is 304. The van der Waals surface area contributed by atoms with E-state index in [0.717, 1.165) is 0 Å². The van der Waals surface area contributed by atoms with E-state index in [-0.39, 0.29) is 6.61 Å². The molecule has 0 aliphatic heterocycles. The van der Waals surface area contributed by atoms with Crippen LogP contribution in [0.3, 0.4) is 0 Å². The Hall–Kier alpha value is -1.45. The fourth-order valence-electron chi connectivity index (χ4n) is 0.850. The summed E-state index contributed by atoms with van der Waals surface area (Å²) in [6.45, 7) is 0.392. The van der Waals surface area contributed by atoms with E-state index in [9.17, 15) is 13.6 Å². The van der Waals surface area contributed by atoms with Gasteiger partial charge in [0.2, 0.25) is 0 Å². The van der Waals surface area contributed by atoms with Crippen LogP contribution in [-0.2, 0) is 16.1 Å². The fourth-order valence-corrected chi connectivity index (χ4v) is 0.850. The Morgan fingerprint density at radius 1 is 1.36 bits per heavy atom. The summed E-state index contributed by atoms with van der Waals surface area (Å²) < 4.78 is 29.1. The number of esters is 1. The quantitative estimate of drug-likeness (QED) is 0.700. The van der Waals surface area contributed by atoms with Crippen molar-refractivity contribution in [2.45, 2.75) is 19.5 Å². The van der Waals surface area contributed by atoms with Gasteiger partial charge in [-0.3, -0.25) is 0 Å². The smallest absolute Gasteiger partial charge is 0.376 e. The normalized spacial score (nSPS) is 11.1. The molecule has 0 N–H and O–H groups in total. The molecule has 14 heavy (non-hydrogen) atoms. The average molecular weight is 200 g/mol. The van der Waals surface area contributed by atoms with Crippen LogP contribution in [0.5, 0.6) is 0 Å². The SMILES string of the molecule is CC(F)(F)C(=O)OCc1ccccc1. The summed E-state index contributed by atoms with van der Waals surface area (Å²) in [6.07, 6.45) is 0. The number of alkyl halides is 2. The lowest BCUT2D eigenvalue weighted by Gasteiger charge is -2.09. The first kappa shape index (κ1) is 10.6. The maximum absolute atomic E-state index is 12.3. The number of benzene rings is 1. The number of hydrogen-bond acceptors (Lipinski definition) is 2. The summed E-state index contributed by atoms with van der Waals surface area (Å²) in [7, 11) is 0. The molecule has 2 nitrogen and oxygen atoms in total. The monoisotopic (exact) mass is 200 g/mol. The Morgan fingerprint density at radius 3 is 2.43 bits per heavy atom. The molecule has 0 heterocycles. The molecule has 0 atom stereocenters. The molecule has 1 aromatic rings. The number of hydrogen-bond donors (Lipinski definition) is 0. The van der Waals surface area contributed by atoms with Crippen molar-refractivity contribution >= 4 is 5.97 Å². The van der Waals surface area contributed by atoms with Gasteiger partial charge in [-0.15, -0.1) is 0 Å². The molecule has 0 aliphatic carbocycles. The van der Waals surface area contributed by atoms with E-state index in [1.54, 1.807) is 30.3 Å². The van der Waals surface area contributed by atoms with Crippen molar-refractivity contribution in [1.82, 2.24) is 0 Å². The molecule has 0 radical (unpaired) electrons. The van der Waals surface area contributed by atoms with Gasteiger partial charge in [0.25, 0.3) is 0 Å². The van der Waals surface area contributed by atoms with Crippen molar-refractivity contribution in [3.63, 3.8) is 0 Å². The molecule has 0 spiro atoms. The van der Waals surface area contributed by atoms with Crippen molar-refractivity contribution in [1.29, 1.82) is 0 Å². The van der Waals surface area contributed by atoms with Crippen molar-refractivity contribution in [3.05, 3.63) is 35.9 Å². The van der Waals surface area contributed by atoms with E-state index < -0.39 is 11.9 Å². The van der Waals surface area contributed by atoms with E-state index >= 15 is 0 Å². The topological polar surface area (TPSA) is 26.3 Å². The van der Waals surface area contributed by atoms with Crippen LogP contribution >= 0.6 is 0 Å². The summed E-state index contributed by atoms with van der Waals surface area (Å²) in [5.41, 5.74) is 0.685. The highest BCUT2D eigenvalue weighted by Crippen LogP contribution is 2.14. The Balaban J connectivity index is 2.46. The molecule has 0 fully saturated rings. The zero-order chi connectivity index (χ0) is 10.6. The number of carbonyl (C=O) groups is 1. The predicted octanol–water partition coefficient (Wildman–Crippen LogP) is 2.39. The van der Waals surface area contributed by atoms with E-state index in [1.165, 1.54) is 0 Å². The minimum absolute atomic E-state index is 0.122. The highest BCUT2D eigenvalue weighted by molar-refractivity contribution is 5.76. The number of rotatable bonds is 3. The molecule has 0 bridgehead atoms. The van der Waals surface area contributed by atoms with Crippen LogP contribution in [0, 0.1) is 0 Å². The number of carbonyl (C=O) groups excluding carboxylic acids is 1. The van der Waals surface area contributed by atoms with Gasteiger partial charge in [0.05, 0.1) is 0 Å². The van der Waals surface area contributed by atoms with Gasteiger partial charge in [-0.05, 0) is 5.56 Å². The summed E-state index contributed by atoms with van der Waals surface area (Å²) in [5.74, 6) is -4.92. The third-order valence-electron chi connectivity index (χ3n) is 1.57. The molecule has 0 aromatic heterocycles. The Kier molecular flexibility index (Phi) is 3.17. The van der Waals surface area contributed by atoms with Crippen molar-refractivity contribution in [3.8, 4) is 0 Å². The van der Waals surface area contributed by atoms with Gasteiger partial charge in [-0.25, -0.2) is 4.79 Å². The first-order valence-electron chi connectivity index (χ1n) is 4.09. The highest BCUT2D eigenvalue weighted by Gasteiger charge is 2.34. The molecule has 0 unspecified atom stereocenters. The number of halogens is 2. The fraction of sp³-hybridized carbons (Fsp3) is 0.300. The van der Waals surface area contributed by atoms with Gasteiger partial charge in [0.15, 0.2) is 0 Å². The summed E-state index contributed by atoms with van der Waals surface area (Å²) in [5, 5.41) is 0. The largest absolute Gasteiger partial charge is 0.456 e. The van der Waals surface area contributed by atoms with E-state index in [0.29, 0.717) is 12.5 Å². The first-order valence-corrected chi connectivity index (χ1v) is 4.09.